The molecule has 0 unspecified atom stereocenters. The Labute approximate surface area is 144 Å². The van der Waals surface area contributed by atoms with E-state index in [2.05, 4.69) is 19.1 Å². The molecule has 0 atom stereocenters. The lowest BCUT2D eigenvalue weighted by atomic mass is 10.1. The van der Waals surface area contributed by atoms with Crippen LogP contribution in [0.3, 0.4) is 0 Å². The van der Waals surface area contributed by atoms with Gasteiger partial charge in [-0.15, -0.1) is 0 Å². The zero-order valence-electron chi connectivity index (χ0n) is 15.5. The number of carboxylic acids is 1. The molecule has 1 aliphatic rings. The van der Waals surface area contributed by atoms with Crippen LogP contribution in [0.4, 0.5) is 0 Å². The van der Waals surface area contributed by atoms with Gasteiger partial charge >= 0.3 is 5.97 Å². The zero-order chi connectivity index (χ0) is 17.0. The summed E-state index contributed by atoms with van der Waals surface area (Å²) in [7, 11) is 0. The predicted octanol–water partition coefficient (Wildman–Crippen LogP) is 7.28. The van der Waals surface area contributed by atoms with E-state index in [1.54, 1.807) is 0 Å². The van der Waals surface area contributed by atoms with Crippen LogP contribution in [-0.2, 0) is 4.79 Å². The Bertz CT molecular complexity index is 266. The van der Waals surface area contributed by atoms with Crippen molar-refractivity contribution in [3.8, 4) is 0 Å². The summed E-state index contributed by atoms with van der Waals surface area (Å²) < 4.78 is 0. The van der Waals surface area contributed by atoms with Gasteiger partial charge < -0.3 is 5.11 Å². The summed E-state index contributed by atoms with van der Waals surface area (Å²) in [5.41, 5.74) is 0. The summed E-state index contributed by atoms with van der Waals surface area (Å²) in [6, 6.07) is 0. The molecule has 0 spiro atoms. The van der Waals surface area contributed by atoms with Crippen LogP contribution in [0.2, 0.25) is 0 Å². The Hall–Kier alpha value is -0.790. The largest absolute Gasteiger partial charge is 0.481 e. The van der Waals surface area contributed by atoms with E-state index < -0.39 is 5.97 Å². The maximum Gasteiger partial charge on any atom is 0.303 e. The highest BCUT2D eigenvalue weighted by atomic mass is 16.4. The molecule has 2 heteroatoms. The minimum absolute atomic E-state index is 0.332. The first-order valence-electron chi connectivity index (χ1n) is 10.1. The Morgan fingerprint density at radius 3 is 1.61 bits per heavy atom. The number of aliphatic carboxylic acids is 1. The average molecular weight is 325 g/mol. The third-order valence-electron chi connectivity index (χ3n) is 4.01. The third-order valence-corrected chi connectivity index (χ3v) is 4.01. The third kappa shape index (κ3) is 26.4. The molecule has 0 aromatic rings. The van der Waals surface area contributed by atoms with Gasteiger partial charge in [0.25, 0.3) is 0 Å². The fourth-order valence-electron chi connectivity index (χ4n) is 2.35. The molecule has 0 aromatic carbocycles. The van der Waals surface area contributed by atoms with E-state index in [-0.39, 0.29) is 0 Å². The van der Waals surface area contributed by atoms with Crippen molar-refractivity contribution >= 4 is 5.97 Å². The first-order chi connectivity index (χ1) is 11.3. The average Bonchev–Trinajstić information content (AvgIpc) is 3.39. The Morgan fingerprint density at radius 1 is 0.739 bits per heavy atom. The van der Waals surface area contributed by atoms with Gasteiger partial charge in [-0.2, -0.15) is 0 Å². The van der Waals surface area contributed by atoms with Gasteiger partial charge in [-0.1, -0.05) is 89.7 Å². The predicted molar refractivity (Wildman–Crippen MR) is 101 cm³/mol. The van der Waals surface area contributed by atoms with Gasteiger partial charge in [-0.05, 0) is 32.1 Å². The van der Waals surface area contributed by atoms with Crippen LogP contribution in [0.25, 0.3) is 0 Å². The van der Waals surface area contributed by atoms with Crippen molar-refractivity contribution in [2.24, 2.45) is 0 Å². The maximum absolute atomic E-state index is 10.3. The van der Waals surface area contributed by atoms with Crippen molar-refractivity contribution in [2.75, 3.05) is 0 Å². The van der Waals surface area contributed by atoms with Crippen molar-refractivity contribution in [1.29, 1.82) is 0 Å². The van der Waals surface area contributed by atoms with Gasteiger partial charge in [0.05, 0.1) is 0 Å². The van der Waals surface area contributed by atoms with E-state index in [0.29, 0.717) is 6.42 Å². The number of hydrogen-bond donors (Lipinski definition) is 1. The molecule has 0 saturated heterocycles. The van der Waals surface area contributed by atoms with E-state index in [4.69, 9.17) is 5.11 Å². The van der Waals surface area contributed by atoms with Crippen molar-refractivity contribution in [3.05, 3.63) is 12.2 Å². The van der Waals surface area contributed by atoms with Crippen LogP contribution in [0, 0.1) is 0 Å². The summed E-state index contributed by atoms with van der Waals surface area (Å²) in [6.45, 7) is 2.26. The topological polar surface area (TPSA) is 37.3 Å². The van der Waals surface area contributed by atoms with Gasteiger partial charge in [-0.25, -0.2) is 0 Å². The molecule has 136 valence electrons. The number of carboxylic acid groups (broad SMARTS) is 1. The highest BCUT2D eigenvalue weighted by Gasteiger charge is 1.96. The first-order valence-corrected chi connectivity index (χ1v) is 10.1. The molecule has 1 rings (SSSR count). The molecular weight excluding hydrogens is 284 g/mol. The Kier molecular flexibility index (Phi) is 18.6. The molecule has 0 heterocycles. The summed E-state index contributed by atoms with van der Waals surface area (Å²) in [5.74, 6) is -0.664. The molecule has 1 N–H and O–H groups in total. The molecule has 0 amide bonds. The molecule has 2 nitrogen and oxygen atoms in total. The second-order valence-electron chi connectivity index (χ2n) is 6.79. The maximum atomic E-state index is 10.3. The lowest BCUT2D eigenvalue weighted by Gasteiger charge is -1.99. The van der Waals surface area contributed by atoms with Gasteiger partial charge in [0.1, 0.15) is 0 Å². The summed E-state index contributed by atoms with van der Waals surface area (Å²) in [5, 5.41) is 8.51. The number of rotatable bonds is 15. The quantitative estimate of drug-likeness (QED) is 0.254. The van der Waals surface area contributed by atoms with Crippen LogP contribution >= 0.6 is 0 Å². The SMILES string of the molecule is C1CC1.CCCCCCCCC=CCCCCCCCC(=O)O. The van der Waals surface area contributed by atoms with Crippen molar-refractivity contribution in [2.45, 2.75) is 116 Å². The Morgan fingerprint density at radius 2 is 1.17 bits per heavy atom. The van der Waals surface area contributed by atoms with Crippen molar-refractivity contribution in [1.82, 2.24) is 0 Å². The molecule has 0 aliphatic heterocycles. The Balaban J connectivity index is 0.00000143. The molecule has 0 aromatic heterocycles. The van der Waals surface area contributed by atoms with Gasteiger partial charge in [0.15, 0.2) is 0 Å². The van der Waals surface area contributed by atoms with Crippen molar-refractivity contribution < 1.29 is 9.90 Å². The highest BCUT2D eigenvalue weighted by molar-refractivity contribution is 5.66. The summed E-state index contributed by atoms with van der Waals surface area (Å²) in [4.78, 5) is 10.3. The van der Waals surface area contributed by atoms with Crippen LogP contribution in [-0.4, -0.2) is 11.1 Å². The van der Waals surface area contributed by atoms with Crippen LogP contribution in [0.15, 0.2) is 12.2 Å². The number of carbonyl (C=O) groups is 1. The van der Waals surface area contributed by atoms with E-state index in [1.165, 1.54) is 89.9 Å². The molecule has 1 aliphatic carbocycles. The van der Waals surface area contributed by atoms with E-state index in [1.807, 2.05) is 0 Å². The lowest BCUT2D eigenvalue weighted by Crippen LogP contribution is -1.93. The molecule has 0 radical (unpaired) electrons. The van der Waals surface area contributed by atoms with Gasteiger partial charge in [0.2, 0.25) is 0 Å². The van der Waals surface area contributed by atoms with E-state index in [0.717, 1.165) is 12.8 Å². The molecule has 1 saturated carbocycles. The van der Waals surface area contributed by atoms with Crippen LogP contribution in [0.5, 0.6) is 0 Å². The van der Waals surface area contributed by atoms with E-state index >= 15 is 0 Å². The molecule has 0 bridgehead atoms. The van der Waals surface area contributed by atoms with E-state index in [9.17, 15) is 4.79 Å². The standard InChI is InChI=1S/C18H34O2.C3H6/c1-2-3-4-5-6-7-8-9-10-11-12-13-14-15-16-17-18(19)20;1-2-3-1/h9-10H,2-8,11-17H2,1H3,(H,19,20);1-3H2. The second kappa shape index (κ2) is 19.3. The smallest absolute Gasteiger partial charge is 0.303 e. The lowest BCUT2D eigenvalue weighted by molar-refractivity contribution is -0.137. The zero-order valence-corrected chi connectivity index (χ0v) is 15.5. The van der Waals surface area contributed by atoms with Gasteiger partial charge in [0, 0.05) is 6.42 Å². The highest BCUT2D eigenvalue weighted by Crippen LogP contribution is 2.15. The molecule has 1 fully saturated rings. The summed E-state index contributed by atoms with van der Waals surface area (Å²) in [6.07, 6.45) is 25.7. The van der Waals surface area contributed by atoms with Gasteiger partial charge in [-0.3, -0.25) is 4.79 Å². The number of hydrogen-bond acceptors (Lipinski definition) is 1. The first kappa shape index (κ1) is 22.2. The number of allylic oxidation sites excluding steroid dienone is 2. The normalized spacial score (nSPS) is 12.9. The van der Waals surface area contributed by atoms with Crippen LogP contribution < -0.4 is 0 Å². The van der Waals surface area contributed by atoms with Crippen LogP contribution in [0.1, 0.15) is 116 Å². The fraction of sp³-hybridized carbons (Fsp3) is 0.857. The summed E-state index contributed by atoms with van der Waals surface area (Å²) >= 11 is 0. The molecular formula is C21H40O2. The minimum Gasteiger partial charge on any atom is -0.481 e. The second-order valence-corrected chi connectivity index (χ2v) is 6.79. The van der Waals surface area contributed by atoms with Crippen molar-refractivity contribution in [3.63, 3.8) is 0 Å². The molecule has 23 heavy (non-hydrogen) atoms. The monoisotopic (exact) mass is 324 g/mol. The fourth-order valence-corrected chi connectivity index (χ4v) is 2.35. The minimum atomic E-state index is -0.664. The number of unbranched alkanes of at least 4 members (excludes halogenated alkanes) is 11.